The Morgan fingerprint density at radius 2 is 1.94 bits per heavy atom. The number of rotatable bonds is 6. The number of nitrogens with zero attached hydrogens (tertiary/aromatic N) is 1. The van der Waals surface area contributed by atoms with E-state index in [2.05, 4.69) is 4.98 Å². The maximum Gasteiger partial charge on any atom is 0.320 e. The van der Waals surface area contributed by atoms with Crippen LogP contribution in [0.2, 0.25) is 0 Å². The molecule has 3 atom stereocenters. The van der Waals surface area contributed by atoms with Crippen molar-refractivity contribution in [3.8, 4) is 0 Å². The molecule has 0 aliphatic carbocycles. The molecule has 18 heavy (non-hydrogen) atoms. The Balaban J connectivity index is 2.86. The second-order valence-electron chi connectivity index (χ2n) is 3.82. The number of aliphatic hydroxyl groups excluding tert-OH is 1. The van der Waals surface area contributed by atoms with Crippen molar-refractivity contribution in [3.05, 3.63) is 30.1 Å². The molecule has 0 saturated heterocycles. The molecule has 0 aliphatic heterocycles. The van der Waals surface area contributed by atoms with Gasteiger partial charge in [-0.1, -0.05) is 6.07 Å². The molecular weight excluding hydrogens is 240 g/mol. The Labute approximate surface area is 103 Å². The molecule has 0 fully saturated rings. The summed E-state index contributed by atoms with van der Waals surface area (Å²) in [5, 5.41) is 27.5. The molecule has 0 bridgehead atoms. The summed E-state index contributed by atoms with van der Waals surface area (Å²) in [5.74, 6) is -3.94. The average molecular weight is 254 g/mol. The maximum atomic E-state index is 11.0. The van der Waals surface area contributed by atoms with Gasteiger partial charge in [-0.2, -0.15) is 0 Å². The third kappa shape index (κ3) is 3.51. The number of carboxylic acids is 2. The van der Waals surface area contributed by atoms with E-state index in [0.29, 0.717) is 0 Å². The van der Waals surface area contributed by atoms with Crippen LogP contribution in [0.5, 0.6) is 0 Å². The number of hydrogen-bond donors (Lipinski definition) is 4. The fourth-order valence-electron chi connectivity index (χ4n) is 1.50. The lowest BCUT2D eigenvalue weighted by Crippen LogP contribution is -2.36. The van der Waals surface area contributed by atoms with Crippen LogP contribution in [0.1, 0.15) is 18.2 Å². The van der Waals surface area contributed by atoms with E-state index in [-0.39, 0.29) is 12.1 Å². The minimum atomic E-state index is -1.39. The monoisotopic (exact) mass is 254 g/mol. The summed E-state index contributed by atoms with van der Waals surface area (Å²) >= 11 is 0. The van der Waals surface area contributed by atoms with E-state index in [0.717, 1.165) is 0 Å². The zero-order valence-electron chi connectivity index (χ0n) is 9.43. The highest BCUT2D eigenvalue weighted by molar-refractivity contribution is 5.76. The number of aromatic nitrogens is 1. The molecule has 7 heteroatoms. The van der Waals surface area contributed by atoms with Crippen molar-refractivity contribution in [1.29, 1.82) is 0 Å². The molecule has 5 N–H and O–H groups in total. The van der Waals surface area contributed by atoms with Gasteiger partial charge in [0.15, 0.2) is 0 Å². The van der Waals surface area contributed by atoms with Crippen LogP contribution >= 0.6 is 0 Å². The number of aliphatic carboxylic acids is 2. The first kappa shape index (κ1) is 14.1. The largest absolute Gasteiger partial charge is 0.481 e. The van der Waals surface area contributed by atoms with E-state index in [4.69, 9.17) is 15.9 Å². The van der Waals surface area contributed by atoms with E-state index in [9.17, 15) is 14.7 Å². The highest BCUT2D eigenvalue weighted by atomic mass is 16.4. The van der Waals surface area contributed by atoms with E-state index < -0.39 is 30.0 Å². The minimum absolute atomic E-state index is 0.169. The Morgan fingerprint density at radius 1 is 1.28 bits per heavy atom. The first-order valence-electron chi connectivity index (χ1n) is 5.23. The molecule has 1 aromatic heterocycles. The molecule has 1 unspecified atom stereocenters. The van der Waals surface area contributed by atoms with Gasteiger partial charge in [-0.05, 0) is 18.6 Å². The van der Waals surface area contributed by atoms with E-state index in [1.807, 2.05) is 0 Å². The molecule has 0 amide bonds. The summed E-state index contributed by atoms with van der Waals surface area (Å²) in [7, 11) is 0. The van der Waals surface area contributed by atoms with Gasteiger partial charge < -0.3 is 21.1 Å². The molecule has 1 rings (SSSR count). The first-order chi connectivity index (χ1) is 8.43. The van der Waals surface area contributed by atoms with E-state index in [1.54, 1.807) is 12.1 Å². The van der Waals surface area contributed by atoms with Crippen molar-refractivity contribution in [2.45, 2.75) is 18.6 Å². The van der Waals surface area contributed by atoms with Gasteiger partial charge in [-0.3, -0.25) is 14.6 Å². The zero-order valence-corrected chi connectivity index (χ0v) is 9.43. The van der Waals surface area contributed by atoms with E-state index in [1.165, 1.54) is 12.3 Å². The Morgan fingerprint density at radius 3 is 2.39 bits per heavy atom. The summed E-state index contributed by atoms with van der Waals surface area (Å²) in [4.78, 5) is 25.5. The van der Waals surface area contributed by atoms with Crippen molar-refractivity contribution in [2.24, 2.45) is 11.7 Å². The van der Waals surface area contributed by atoms with Crippen LogP contribution in [0.15, 0.2) is 24.4 Å². The topological polar surface area (TPSA) is 134 Å². The Kier molecular flexibility index (Phi) is 4.75. The predicted molar refractivity (Wildman–Crippen MR) is 60.6 cm³/mol. The number of aliphatic hydroxyl groups is 1. The van der Waals surface area contributed by atoms with Crippen LogP contribution in [0, 0.1) is 5.92 Å². The highest BCUT2D eigenvalue weighted by Crippen LogP contribution is 2.24. The van der Waals surface area contributed by atoms with Crippen LogP contribution in [0.3, 0.4) is 0 Å². The minimum Gasteiger partial charge on any atom is -0.481 e. The lowest BCUT2D eigenvalue weighted by atomic mass is 9.92. The fourth-order valence-corrected chi connectivity index (χ4v) is 1.50. The van der Waals surface area contributed by atoms with Crippen molar-refractivity contribution in [2.75, 3.05) is 0 Å². The van der Waals surface area contributed by atoms with Crippen LogP contribution in [0.25, 0.3) is 0 Å². The van der Waals surface area contributed by atoms with Crippen molar-refractivity contribution in [1.82, 2.24) is 4.98 Å². The molecule has 1 heterocycles. The highest BCUT2D eigenvalue weighted by Gasteiger charge is 2.32. The van der Waals surface area contributed by atoms with Crippen LogP contribution in [-0.4, -0.2) is 38.3 Å². The first-order valence-corrected chi connectivity index (χ1v) is 5.23. The molecular formula is C11H14N2O5. The average Bonchev–Trinajstić information content (AvgIpc) is 2.35. The Bertz CT molecular complexity index is 423. The van der Waals surface area contributed by atoms with Crippen LogP contribution in [-0.2, 0) is 9.59 Å². The second kappa shape index (κ2) is 6.08. The smallest absolute Gasteiger partial charge is 0.320 e. The lowest BCUT2D eigenvalue weighted by molar-refractivity contribution is -0.147. The Hall–Kier alpha value is -1.99. The lowest BCUT2D eigenvalue weighted by Gasteiger charge is -2.20. The van der Waals surface area contributed by atoms with E-state index >= 15 is 0 Å². The molecule has 0 aromatic carbocycles. The van der Waals surface area contributed by atoms with Gasteiger partial charge in [-0.25, -0.2) is 0 Å². The number of carbonyl (C=O) groups is 2. The molecule has 0 radical (unpaired) electrons. The summed E-state index contributed by atoms with van der Waals surface area (Å²) in [5.41, 5.74) is 5.45. The third-order valence-corrected chi connectivity index (χ3v) is 2.51. The number of pyridine rings is 1. The quantitative estimate of drug-likeness (QED) is 0.543. The second-order valence-corrected chi connectivity index (χ2v) is 3.82. The molecule has 0 saturated carbocycles. The molecule has 98 valence electrons. The molecule has 1 aromatic rings. The standard InChI is InChI=1S/C11H14N2O5/c12-7(11(17)18)5-6(10(15)16)9(14)8-3-1-2-4-13-8/h1-4,6-7,9,14H,5,12H2,(H,15,16)(H,17,18)/t6-,7-,9?/m0/s1. The van der Waals surface area contributed by atoms with Gasteiger partial charge in [0.2, 0.25) is 0 Å². The van der Waals surface area contributed by atoms with Gasteiger partial charge in [0.05, 0.1) is 11.6 Å². The third-order valence-electron chi connectivity index (χ3n) is 2.51. The normalized spacial score (nSPS) is 15.7. The fraction of sp³-hybridized carbons (Fsp3) is 0.364. The van der Waals surface area contributed by atoms with Crippen LogP contribution < -0.4 is 5.73 Å². The summed E-state index contributed by atoms with van der Waals surface area (Å²) in [6, 6.07) is 3.34. The molecule has 0 aliphatic rings. The van der Waals surface area contributed by atoms with Crippen molar-refractivity contribution >= 4 is 11.9 Å². The number of carboxylic acid groups (broad SMARTS) is 2. The van der Waals surface area contributed by atoms with Gasteiger partial charge >= 0.3 is 11.9 Å². The number of hydrogen-bond acceptors (Lipinski definition) is 5. The van der Waals surface area contributed by atoms with Gasteiger partial charge in [-0.15, -0.1) is 0 Å². The summed E-state index contributed by atoms with van der Waals surface area (Å²) in [6.07, 6.45) is -0.356. The van der Waals surface area contributed by atoms with Crippen molar-refractivity contribution < 1.29 is 24.9 Å². The van der Waals surface area contributed by atoms with Gasteiger partial charge in [0.25, 0.3) is 0 Å². The van der Waals surface area contributed by atoms with Gasteiger partial charge in [0, 0.05) is 6.20 Å². The maximum absolute atomic E-state index is 11.0. The van der Waals surface area contributed by atoms with Gasteiger partial charge in [0.1, 0.15) is 12.1 Å². The zero-order chi connectivity index (χ0) is 13.7. The molecule has 0 spiro atoms. The summed E-state index contributed by atoms with van der Waals surface area (Å²) in [6.45, 7) is 0. The summed E-state index contributed by atoms with van der Waals surface area (Å²) < 4.78 is 0. The SMILES string of the molecule is N[C@@H](C[C@H](C(=O)O)C(O)c1ccccn1)C(=O)O. The number of nitrogens with two attached hydrogens (primary N) is 1. The van der Waals surface area contributed by atoms with Crippen LogP contribution in [0.4, 0.5) is 0 Å². The van der Waals surface area contributed by atoms with Crippen molar-refractivity contribution in [3.63, 3.8) is 0 Å². The molecule has 7 nitrogen and oxygen atoms in total. The predicted octanol–water partition coefficient (Wildman–Crippen LogP) is -0.382.